The molecule has 1 aliphatic carbocycles. The lowest BCUT2D eigenvalue weighted by atomic mass is 9.95. The molecule has 1 fully saturated rings. The van der Waals surface area contributed by atoms with Gasteiger partial charge in [0, 0.05) is 30.5 Å². The third-order valence-corrected chi connectivity index (χ3v) is 5.95. The van der Waals surface area contributed by atoms with Crippen LogP contribution in [-0.2, 0) is 6.54 Å². The molecule has 1 aliphatic rings. The van der Waals surface area contributed by atoms with E-state index >= 15 is 0 Å². The van der Waals surface area contributed by atoms with Gasteiger partial charge in [0.05, 0.1) is 10.0 Å². The highest BCUT2D eigenvalue weighted by atomic mass is 35.5. The van der Waals surface area contributed by atoms with Gasteiger partial charge in [-0.05, 0) is 54.3 Å². The quantitative estimate of drug-likeness (QED) is 0.431. The van der Waals surface area contributed by atoms with Gasteiger partial charge in [-0.1, -0.05) is 48.5 Å². The Morgan fingerprint density at radius 3 is 2.57 bits per heavy atom. The zero-order valence-electron chi connectivity index (χ0n) is 16.5. The van der Waals surface area contributed by atoms with E-state index in [0.29, 0.717) is 23.4 Å². The summed E-state index contributed by atoms with van der Waals surface area (Å²) in [5.74, 6) is 1.08. The Morgan fingerprint density at radius 2 is 1.77 bits per heavy atom. The standard InChI is InChI=1S/C23H23Cl2FN4/c24-19-7-6-15(10-21(19)26)13-28-22-11-16(8-9-27-22)18-12-23(29-14-20(18)25)30-17-4-2-1-3-5-17/h6-12,14,17H,1-5,13H2,(H,27,28)(H,29,30). The second kappa shape index (κ2) is 9.63. The molecule has 0 amide bonds. The number of halogens is 3. The predicted molar refractivity (Wildman–Crippen MR) is 122 cm³/mol. The van der Waals surface area contributed by atoms with Gasteiger partial charge in [-0.3, -0.25) is 0 Å². The summed E-state index contributed by atoms with van der Waals surface area (Å²) in [4.78, 5) is 8.81. The monoisotopic (exact) mass is 444 g/mol. The number of hydrogen-bond donors (Lipinski definition) is 2. The molecule has 0 unspecified atom stereocenters. The Labute approximate surface area is 185 Å². The van der Waals surface area contributed by atoms with E-state index in [4.69, 9.17) is 23.2 Å². The lowest BCUT2D eigenvalue weighted by Gasteiger charge is -2.23. The van der Waals surface area contributed by atoms with Crippen LogP contribution in [0.25, 0.3) is 11.1 Å². The normalized spacial score (nSPS) is 14.5. The van der Waals surface area contributed by atoms with Crippen molar-refractivity contribution in [2.75, 3.05) is 10.6 Å². The number of hydrogen-bond acceptors (Lipinski definition) is 4. The lowest BCUT2D eigenvalue weighted by Crippen LogP contribution is -2.22. The topological polar surface area (TPSA) is 49.8 Å². The maximum absolute atomic E-state index is 13.6. The van der Waals surface area contributed by atoms with Gasteiger partial charge in [0.25, 0.3) is 0 Å². The fourth-order valence-corrected chi connectivity index (χ4v) is 4.06. The molecule has 156 valence electrons. The maximum Gasteiger partial charge on any atom is 0.142 e. The Kier molecular flexibility index (Phi) is 6.70. The van der Waals surface area contributed by atoms with Crippen molar-refractivity contribution in [3.8, 4) is 11.1 Å². The molecule has 0 atom stereocenters. The van der Waals surface area contributed by atoms with Crippen LogP contribution in [0.2, 0.25) is 10.0 Å². The third-order valence-electron chi connectivity index (χ3n) is 5.34. The van der Waals surface area contributed by atoms with Crippen LogP contribution in [0.4, 0.5) is 16.0 Å². The molecule has 0 radical (unpaired) electrons. The Bertz CT molecular complexity index is 1020. The highest BCUT2D eigenvalue weighted by molar-refractivity contribution is 6.33. The first-order valence-electron chi connectivity index (χ1n) is 10.1. The van der Waals surface area contributed by atoms with Crippen LogP contribution in [0.5, 0.6) is 0 Å². The van der Waals surface area contributed by atoms with Crippen LogP contribution in [0.15, 0.2) is 48.8 Å². The first-order valence-corrected chi connectivity index (χ1v) is 10.9. The summed E-state index contributed by atoms with van der Waals surface area (Å²) in [6, 6.07) is 11.1. The lowest BCUT2D eigenvalue weighted by molar-refractivity contribution is 0.462. The summed E-state index contributed by atoms with van der Waals surface area (Å²) in [6.45, 7) is 0.434. The fourth-order valence-electron chi connectivity index (χ4n) is 3.73. The predicted octanol–water partition coefficient (Wildman–Crippen LogP) is 6.95. The van der Waals surface area contributed by atoms with Crippen molar-refractivity contribution in [3.05, 3.63) is 70.2 Å². The fraction of sp³-hybridized carbons (Fsp3) is 0.304. The Morgan fingerprint density at radius 1 is 0.933 bits per heavy atom. The Hall–Kier alpha value is -2.37. The van der Waals surface area contributed by atoms with E-state index in [1.54, 1.807) is 24.5 Å². The first kappa shape index (κ1) is 20.9. The number of nitrogens with one attached hydrogen (secondary N) is 2. The molecule has 7 heteroatoms. The molecular weight excluding hydrogens is 422 g/mol. The zero-order chi connectivity index (χ0) is 20.9. The van der Waals surface area contributed by atoms with Crippen molar-refractivity contribution in [1.29, 1.82) is 0 Å². The highest BCUT2D eigenvalue weighted by Gasteiger charge is 2.15. The number of benzene rings is 1. The van der Waals surface area contributed by atoms with E-state index in [1.165, 1.54) is 38.2 Å². The number of rotatable bonds is 6. The second-order valence-corrected chi connectivity index (χ2v) is 8.37. The average Bonchev–Trinajstić information content (AvgIpc) is 2.77. The molecule has 3 aromatic rings. The zero-order valence-corrected chi connectivity index (χ0v) is 18.0. The van der Waals surface area contributed by atoms with Crippen LogP contribution in [0.1, 0.15) is 37.7 Å². The first-order chi connectivity index (χ1) is 14.6. The third kappa shape index (κ3) is 5.21. The highest BCUT2D eigenvalue weighted by Crippen LogP contribution is 2.31. The van der Waals surface area contributed by atoms with Gasteiger partial charge < -0.3 is 10.6 Å². The SMILES string of the molecule is Fc1cc(CNc2cc(-c3cc(NC4CCCCC4)ncc3Cl)ccn2)ccc1Cl. The molecule has 4 rings (SSSR count). The summed E-state index contributed by atoms with van der Waals surface area (Å²) in [5.41, 5.74) is 2.62. The minimum Gasteiger partial charge on any atom is -0.367 e. The van der Waals surface area contributed by atoms with Crippen LogP contribution in [0.3, 0.4) is 0 Å². The summed E-state index contributed by atoms with van der Waals surface area (Å²) >= 11 is 12.2. The van der Waals surface area contributed by atoms with Crippen LogP contribution in [0, 0.1) is 5.82 Å². The molecule has 1 aromatic carbocycles. The van der Waals surface area contributed by atoms with Crippen LogP contribution < -0.4 is 10.6 Å². The van der Waals surface area contributed by atoms with Gasteiger partial charge in [0.2, 0.25) is 0 Å². The van der Waals surface area contributed by atoms with Crippen molar-refractivity contribution < 1.29 is 4.39 Å². The number of nitrogens with zero attached hydrogens (tertiary/aromatic N) is 2. The maximum atomic E-state index is 13.6. The van der Waals surface area contributed by atoms with E-state index in [1.807, 2.05) is 18.2 Å². The van der Waals surface area contributed by atoms with Gasteiger partial charge in [-0.25, -0.2) is 14.4 Å². The van der Waals surface area contributed by atoms with E-state index in [9.17, 15) is 4.39 Å². The summed E-state index contributed by atoms with van der Waals surface area (Å²) in [7, 11) is 0. The van der Waals surface area contributed by atoms with Crippen molar-refractivity contribution in [3.63, 3.8) is 0 Å². The molecular formula is C23H23Cl2FN4. The van der Waals surface area contributed by atoms with E-state index in [-0.39, 0.29) is 5.02 Å². The van der Waals surface area contributed by atoms with Crippen LogP contribution in [-0.4, -0.2) is 16.0 Å². The smallest absolute Gasteiger partial charge is 0.142 e. The second-order valence-electron chi connectivity index (χ2n) is 7.56. The number of aromatic nitrogens is 2. The molecule has 0 spiro atoms. The van der Waals surface area contributed by atoms with Gasteiger partial charge in [0.15, 0.2) is 0 Å². The average molecular weight is 445 g/mol. The van der Waals surface area contributed by atoms with Crippen LogP contribution >= 0.6 is 23.2 Å². The van der Waals surface area contributed by atoms with Crippen molar-refractivity contribution in [2.45, 2.75) is 44.7 Å². The molecule has 1 saturated carbocycles. The number of pyridine rings is 2. The molecule has 0 aliphatic heterocycles. The molecule has 0 bridgehead atoms. The van der Waals surface area contributed by atoms with Gasteiger partial charge in [-0.15, -0.1) is 0 Å². The molecule has 4 nitrogen and oxygen atoms in total. The van der Waals surface area contributed by atoms with Crippen molar-refractivity contribution >= 4 is 34.8 Å². The largest absolute Gasteiger partial charge is 0.367 e. The van der Waals surface area contributed by atoms with Crippen molar-refractivity contribution in [1.82, 2.24) is 9.97 Å². The molecule has 30 heavy (non-hydrogen) atoms. The van der Waals surface area contributed by atoms with E-state index in [2.05, 4.69) is 20.6 Å². The van der Waals surface area contributed by atoms with Gasteiger partial charge in [-0.2, -0.15) is 0 Å². The Balaban J connectivity index is 1.49. The molecule has 0 saturated heterocycles. The van der Waals surface area contributed by atoms with Crippen molar-refractivity contribution in [2.24, 2.45) is 0 Å². The molecule has 2 aromatic heterocycles. The number of anilines is 2. The minimum atomic E-state index is -0.431. The summed E-state index contributed by atoms with van der Waals surface area (Å²) in [5, 5.41) is 7.46. The minimum absolute atomic E-state index is 0.115. The van der Waals surface area contributed by atoms with Gasteiger partial charge >= 0.3 is 0 Å². The van der Waals surface area contributed by atoms with Gasteiger partial charge in [0.1, 0.15) is 17.5 Å². The summed E-state index contributed by atoms with van der Waals surface area (Å²) in [6.07, 6.45) is 9.59. The summed E-state index contributed by atoms with van der Waals surface area (Å²) < 4.78 is 13.6. The van der Waals surface area contributed by atoms with E-state index in [0.717, 1.165) is 22.5 Å². The van der Waals surface area contributed by atoms with E-state index < -0.39 is 5.82 Å². The molecule has 2 N–H and O–H groups in total. The molecule has 2 heterocycles.